The Labute approximate surface area is 113 Å². The highest BCUT2D eigenvalue weighted by Gasteiger charge is 2.42. The number of nitrogens with zero attached hydrogens (tertiary/aromatic N) is 1. The number of rotatable bonds is 1. The number of aromatic nitrogens is 1. The molecule has 7 heteroatoms. The second kappa shape index (κ2) is 5.30. The second-order valence-electron chi connectivity index (χ2n) is 5.02. The molecule has 0 spiro atoms. The Kier molecular flexibility index (Phi) is 3.87. The van der Waals surface area contributed by atoms with Crippen molar-refractivity contribution in [1.29, 1.82) is 0 Å². The van der Waals surface area contributed by atoms with E-state index in [1.807, 2.05) is 0 Å². The first-order chi connectivity index (χ1) is 9.29. The molecule has 1 aliphatic heterocycles. The minimum Gasteiger partial charge on any atom is -0.338 e. The van der Waals surface area contributed by atoms with E-state index in [0.717, 1.165) is 4.90 Å². The molecule has 2 heterocycles. The zero-order chi connectivity index (χ0) is 14.9. The summed E-state index contributed by atoms with van der Waals surface area (Å²) >= 11 is 0. The van der Waals surface area contributed by atoms with Crippen molar-refractivity contribution in [3.05, 3.63) is 33.7 Å². The summed E-state index contributed by atoms with van der Waals surface area (Å²) in [5.74, 6) is -2.15. The van der Waals surface area contributed by atoms with E-state index in [0.29, 0.717) is 12.1 Å². The van der Waals surface area contributed by atoms with Crippen molar-refractivity contribution in [2.75, 3.05) is 13.1 Å². The first-order valence-electron chi connectivity index (χ1n) is 6.35. The summed E-state index contributed by atoms with van der Waals surface area (Å²) < 4.78 is 38.1. The molecule has 2 rings (SSSR count). The fourth-order valence-electron chi connectivity index (χ4n) is 2.34. The van der Waals surface area contributed by atoms with Crippen molar-refractivity contribution >= 4 is 5.91 Å². The van der Waals surface area contributed by atoms with Gasteiger partial charge in [-0.3, -0.25) is 9.59 Å². The molecule has 1 aliphatic rings. The highest BCUT2D eigenvalue weighted by Crippen LogP contribution is 2.33. The summed E-state index contributed by atoms with van der Waals surface area (Å²) in [6, 6.07) is 2.91. The number of amides is 1. The van der Waals surface area contributed by atoms with Crippen LogP contribution in [0.3, 0.4) is 0 Å². The largest absolute Gasteiger partial charge is 0.393 e. The molecule has 1 fully saturated rings. The van der Waals surface area contributed by atoms with E-state index in [-0.39, 0.29) is 25.1 Å². The van der Waals surface area contributed by atoms with Crippen LogP contribution in [0.25, 0.3) is 0 Å². The average molecular weight is 288 g/mol. The van der Waals surface area contributed by atoms with E-state index in [1.54, 1.807) is 13.0 Å². The molecule has 110 valence electrons. The van der Waals surface area contributed by atoms with Gasteiger partial charge in [0.2, 0.25) is 0 Å². The lowest BCUT2D eigenvalue weighted by Crippen LogP contribution is -2.45. The number of aryl methyl sites for hydroxylation is 1. The maximum atomic E-state index is 12.7. The number of hydrogen-bond acceptors (Lipinski definition) is 2. The molecule has 1 atom stereocenters. The number of pyridine rings is 1. The quantitative estimate of drug-likeness (QED) is 0.860. The topological polar surface area (TPSA) is 53.2 Å². The van der Waals surface area contributed by atoms with Gasteiger partial charge in [0.15, 0.2) is 0 Å². The summed E-state index contributed by atoms with van der Waals surface area (Å²) in [5.41, 5.74) is -0.0825. The first-order valence-corrected chi connectivity index (χ1v) is 6.35. The number of aromatic amines is 1. The number of hydrogen-bond donors (Lipinski definition) is 1. The van der Waals surface area contributed by atoms with Gasteiger partial charge in [0.05, 0.1) is 5.92 Å². The van der Waals surface area contributed by atoms with Crippen molar-refractivity contribution < 1.29 is 18.0 Å². The third-order valence-corrected chi connectivity index (χ3v) is 3.46. The average Bonchev–Trinajstić information content (AvgIpc) is 2.37. The number of likely N-dealkylation sites (tertiary alicyclic amines) is 1. The zero-order valence-corrected chi connectivity index (χ0v) is 11.0. The van der Waals surface area contributed by atoms with Gasteiger partial charge in [0.1, 0.15) is 5.56 Å². The van der Waals surface area contributed by atoms with Crippen LogP contribution in [0.4, 0.5) is 13.2 Å². The number of carbonyl (C=O) groups excluding carboxylic acids is 1. The van der Waals surface area contributed by atoms with Crippen LogP contribution in [0.1, 0.15) is 28.9 Å². The third-order valence-electron chi connectivity index (χ3n) is 3.46. The Morgan fingerprint density at radius 1 is 1.40 bits per heavy atom. The van der Waals surface area contributed by atoms with Gasteiger partial charge in [-0.2, -0.15) is 13.2 Å². The number of halogens is 3. The van der Waals surface area contributed by atoms with Crippen LogP contribution in [0, 0.1) is 12.8 Å². The van der Waals surface area contributed by atoms with E-state index >= 15 is 0 Å². The lowest BCUT2D eigenvalue weighted by atomic mass is 9.97. The SMILES string of the molecule is Cc1ccc(C(=O)N2CCC[C@@H](C(F)(F)F)C2)c(=O)[nH]1. The Balaban J connectivity index is 2.19. The van der Waals surface area contributed by atoms with Crippen LogP contribution in [0.5, 0.6) is 0 Å². The van der Waals surface area contributed by atoms with Crippen molar-refractivity contribution in [3.63, 3.8) is 0 Å². The van der Waals surface area contributed by atoms with Gasteiger partial charge < -0.3 is 9.88 Å². The van der Waals surface area contributed by atoms with Crippen LogP contribution in [-0.4, -0.2) is 35.1 Å². The van der Waals surface area contributed by atoms with Crippen molar-refractivity contribution in [3.8, 4) is 0 Å². The van der Waals surface area contributed by atoms with E-state index in [2.05, 4.69) is 4.98 Å². The summed E-state index contributed by atoms with van der Waals surface area (Å²) in [7, 11) is 0. The van der Waals surface area contributed by atoms with Crippen molar-refractivity contribution in [1.82, 2.24) is 9.88 Å². The molecule has 0 unspecified atom stereocenters. The fourth-order valence-corrected chi connectivity index (χ4v) is 2.34. The lowest BCUT2D eigenvalue weighted by Gasteiger charge is -2.33. The smallest absolute Gasteiger partial charge is 0.338 e. The number of nitrogens with one attached hydrogen (secondary N) is 1. The molecule has 1 aromatic rings. The standard InChI is InChI=1S/C13H15F3N2O2/c1-8-4-5-10(11(19)17-8)12(20)18-6-2-3-9(7-18)13(14,15)16/h4-5,9H,2-3,6-7H2,1H3,(H,17,19)/t9-/m1/s1. The summed E-state index contributed by atoms with van der Waals surface area (Å²) in [5, 5.41) is 0. The van der Waals surface area contributed by atoms with Gasteiger partial charge >= 0.3 is 6.18 Å². The zero-order valence-electron chi connectivity index (χ0n) is 11.0. The molecule has 0 bridgehead atoms. The predicted molar refractivity (Wildman–Crippen MR) is 66.5 cm³/mol. The molecule has 0 aliphatic carbocycles. The lowest BCUT2D eigenvalue weighted by molar-refractivity contribution is -0.184. The van der Waals surface area contributed by atoms with Crippen LogP contribution < -0.4 is 5.56 Å². The van der Waals surface area contributed by atoms with Gasteiger partial charge in [0.25, 0.3) is 11.5 Å². The van der Waals surface area contributed by atoms with Crippen molar-refractivity contribution in [2.45, 2.75) is 25.9 Å². The number of alkyl halides is 3. The van der Waals surface area contributed by atoms with Gasteiger partial charge in [-0.1, -0.05) is 0 Å². The van der Waals surface area contributed by atoms with Crippen LogP contribution in [0.2, 0.25) is 0 Å². The molecule has 1 amide bonds. The molecule has 4 nitrogen and oxygen atoms in total. The minimum absolute atomic E-state index is 0.0253. The molecule has 1 N–H and O–H groups in total. The molecular formula is C13H15F3N2O2. The minimum atomic E-state index is -4.31. The molecular weight excluding hydrogens is 273 g/mol. The summed E-state index contributed by atoms with van der Waals surface area (Å²) in [6.07, 6.45) is -3.99. The molecule has 0 saturated carbocycles. The first kappa shape index (κ1) is 14.6. The van der Waals surface area contributed by atoms with Crippen LogP contribution in [0.15, 0.2) is 16.9 Å². The van der Waals surface area contributed by atoms with E-state index in [4.69, 9.17) is 0 Å². The maximum absolute atomic E-state index is 12.7. The number of H-pyrrole nitrogens is 1. The van der Waals surface area contributed by atoms with Gasteiger partial charge in [-0.05, 0) is 31.9 Å². The number of carbonyl (C=O) groups is 1. The Bertz CT molecular complexity index is 565. The second-order valence-corrected chi connectivity index (χ2v) is 5.02. The highest BCUT2D eigenvalue weighted by molar-refractivity contribution is 5.93. The van der Waals surface area contributed by atoms with E-state index in [1.165, 1.54) is 6.07 Å². The Morgan fingerprint density at radius 3 is 2.70 bits per heavy atom. The van der Waals surface area contributed by atoms with E-state index < -0.39 is 23.6 Å². The van der Waals surface area contributed by atoms with Crippen LogP contribution >= 0.6 is 0 Å². The molecule has 1 aromatic heterocycles. The fraction of sp³-hybridized carbons (Fsp3) is 0.538. The van der Waals surface area contributed by atoms with Gasteiger partial charge in [0, 0.05) is 18.8 Å². The predicted octanol–water partition coefficient (Wildman–Crippen LogP) is 2.10. The van der Waals surface area contributed by atoms with Gasteiger partial charge in [-0.15, -0.1) is 0 Å². The van der Waals surface area contributed by atoms with Crippen LogP contribution in [-0.2, 0) is 0 Å². The molecule has 0 radical (unpaired) electrons. The van der Waals surface area contributed by atoms with Gasteiger partial charge in [-0.25, -0.2) is 0 Å². The monoisotopic (exact) mass is 288 g/mol. The molecule has 20 heavy (non-hydrogen) atoms. The van der Waals surface area contributed by atoms with Crippen molar-refractivity contribution in [2.24, 2.45) is 5.92 Å². The summed E-state index contributed by atoms with van der Waals surface area (Å²) in [6.45, 7) is 1.53. The third kappa shape index (κ3) is 3.02. The maximum Gasteiger partial charge on any atom is 0.393 e. The summed E-state index contributed by atoms with van der Waals surface area (Å²) in [4.78, 5) is 27.4. The highest BCUT2D eigenvalue weighted by atomic mass is 19.4. The Morgan fingerprint density at radius 2 is 2.10 bits per heavy atom. The normalized spacial score (nSPS) is 20.0. The van der Waals surface area contributed by atoms with E-state index in [9.17, 15) is 22.8 Å². The Hall–Kier alpha value is -1.79. The molecule has 1 saturated heterocycles. The number of piperidine rings is 1. The molecule has 0 aromatic carbocycles.